The molecule has 0 aliphatic rings. The zero-order chi connectivity index (χ0) is 22.1. The van der Waals surface area contributed by atoms with E-state index in [1.165, 1.54) is 12.8 Å². The van der Waals surface area contributed by atoms with Crippen molar-refractivity contribution >= 4 is 39.1 Å². The lowest BCUT2D eigenvalue weighted by atomic mass is 9.95. The smallest absolute Gasteiger partial charge is 0.255 e. The van der Waals surface area contributed by atoms with Crippen molar-refractivity contribution in [3.05, 3.63) is 52.5 Å². The summed E-state index contributed by atoms with van der Waals surface area (Å²) in [5.41, 5.74) is 1.27. The van der Waals surface area contributed by atoms with Crippen molar-refractivity contribution in [2.75, 3.05) is 17.2 Å². The van der Waals surface area contributed by atoms with Gasteiger partial charge in [-0.25, -0.2) is 0 Å². The Morgan fingerprint density at radius 2 is 1.67 bits per heavy atom. The van der Waals surface area contributed by atoms with E-state index in [1.807, 2.05) is 20.8 Å². The Bertz CT molecular complexity index is 875. The fraction of sp³-hybridized carbons (Fsp3) is 0.417. The molecule has 2 amide bonds. The number of halogens is 1. The number of hydrogen-bond donors (Lipinski definition) is 2. The quantitative estimate of drug-likeness (QED) is 0.399. The first-order valence-corrected chi connectivity index (χ1v) is 11.1. The molecule has 0 spiro atoms. The van der Waals surface area contributed by atoms with Crippen LogP contribution in [0.15, 0.2) is 46.9 Å². The number of anilines is 2. The lowest BCUT2D eigenvalue weighted by molar-refractivity contribution is -0.123. The van der Waals surface area contributed by atoms with Crippen LogP contribution in [0.3, 0.4) is 0 Å². The van der Waals surface area contributed by atoms with Crippen molar-refractivity contribution in [3.8, 4) is 5.75 Å². The number of rotatable bonds is 9. The monoisotopic (exact) mass is 474 g/mol. The standard InChI is InChI=1S/C24H31BrN2O3/c1-5-6-7-8-14-30-21-13-12-17(15-20(21)25)22(28)26-18-10-9-11-19(16-18)27-23(29)24(2,3)4/h9-13,15-16H,5-8,14H2,1-4H3,(H,26,28)(H,27,29). The number of nitrogens with one attached hydrogen (secondary N) is 2. The van der Waals surface area contributed by atoms with Gasteiger partial charge in [0.25, 0.3) is 5.91 Å². The number of benzene rings is 2. The van der Waals surface area contributed by atoms with E-state index in [2.05, 4.69) is 33.5 Å². The zero-order valence-electron chi connectivity index (χ0n) is 18.2. The van der Waals surface area contributed by atoms with E-state index in [-0.39, 0.29) is 11.8 Å². The Hall–Kier alpha value is -2.34. The van der Waals surface area contributed by atoms with Crippen LogP contribution in [0, 0.1) is 5.41 Å². The summed E-state index contributed by atoms with van der Waals surface area (Å²) in [5, 5.41) is 5.74. The van der Waals surface area contributed by atoms with Crippen LogP contribution in [0.2, 0.25) is 0 Å². The molecule has 162 valence electrons. The van der Waals surface area contributed by atoms with Crippen molar-refractivity contribution in [2.24, 2.45) is 5.41 Å². The van der Waals surface area contributed by atoms with E-state index >= 15 is 0 Å². The van der Waals surface area contributed by atoms with Gasteiger partial charge < -0.3 is 15.4 Å². The Balaban J connectivity index is 1.98. The average Bonchev–Trinajstić information content (AvgIpc) is 2.68. The molecule has 0 aliphatic carbocycles. The van der Waals surface area contributed by atoms with Crippen LogP contribution >= 0.6 is 15.9 Å². The van der Waals surface area contributed by atoms with Gasteiger partial charge in [-0.3, -0.25) is 9.59 Å². The van der Waals surface area contributed by atoms with Crippen LogP contribution in [-0.2, 0) is 4.79 Å². The molecule has 0 aliphatic heterocycles. The Morgan fingerprint density at radius 3 is 2.30 bits per heavy atom. The van der Waals surface area contributed by atoms with Gasteiger partial charge in [-0.2, -0.15) is 0 Å². The third kappa shape index (κ3) is 7.48. The van der Waals surface area contributed by atoms with E-state index in [1.54, 1.807) is 42.5 Å². The summed E-state index contributed by atoms with van der Waals surface area (Å²) in [6, 6.07) is 12.4. The fourth-order valence-corrected chi connectivity index (χ4v) is 3.16. The van der Waals surface area contributed by atoms with Gasteiger partial charge in [0, 0.05) is 22.4 Å². The maximum absolute atomic E-state index is 12.6. The lowest BCUT2D eigenvalue weighted by Gasteiger charge is -2.18. The number of ether oxygens (including phenoxy) is 1. The molecule has 0 saturated carbocycles. The molecular formula is C24H31BrN2O3. The minimum Gasteiger partial charge on any atom is -0.492 e. The first-order valence-electron chi connectivity index (χ1n) is 10.4. The second kappa shape index (κ2) is 11.2. The first kappa shape index (κ1) is 23.9. The van der Waals surface area contributed by atoms with Crippen LogP contribution in [0.1, 0.15) is 63.7 Å². The highest BCUT2D eigenvalue weighted by molar-refractivity contribution is 9.10. The normalized spacial score (nSPS) is 11.1. The molecule has 0 radical (unpaired) electrons. The highest BCUT2D eigenvalue weighted by atomic mass is 79.9. The topological polar surface area (TPSA) is 67.4 Å². The van der Waals surface area contributed by atoms with Crippen molar-refractivity contribution in [2.45, 2.75) is 53.4 Å². The summed E-state index contributed by atoms with van der Waals surface area (Å²) in [4.78, 5) is 24.8. The second-order valence-electron chi connectivity index (χ2n) is 8.29. The van der Waals surface area contributed by atoms with E-state index in [9.17, 15) is 9.59 Å². The van der Waals surface area contributed by atoms with E-state index in [0.29, 0.717) is 23.5 Å². The van der Waals surface area contributed by atoms with Gasteiger partial charge in [0.2, 0.25) is 5.91 Å². The van der Waals surface area contributed by atoms with Crippen LogP contribution in [0.4, 0.5) is 11.4 Å². The number of hydrogen-bond acceptors (Lipinski definition) is 3. The molecule has 6 heteroatoms. The SMILES string of the molecule is CCCCCCOc1ccc(C(=O)Nc2cccc(NC(=O)C(C)(C)C)c2)cc1Br. The molecule has 30 heavy (non-hydrogen) atoms. The minimum absolute atomic E-state index is 0.0832. The summed E-state index contributed by atoms with van der Waals surface area (Å²) in [7, 11) is 0. The van der Waals surface area contributed by atoms with Crippen molar-refractivity contribution in [3.63, 3.8) is 0 Å². The van der Waals surface area contributed by atoms with Gasteiger partial charge in [0.05, 0.1) is 11.1 Å². The van der Waals surface area contributed by atoms with Crippen LogP contribution in [0.25, 0.3) is 0 Å². The molecule has 0 fully saturated rings. The summed E-state index contributed by atoms with van der Waals surface area (Å²) in [6.45, 7) is 8.40. The van der Waals surface area contributed by atoms with Crippen molar-refractivity contribution in [1.29, 1.82) is 0 Å². The maximum atomic E-state index is 12.6. The van der Waals surface area contributed by atoms with Crippen LogP contribution < -0.4 is 15.4 Å². The summed E-state index contributed by atoms with van der Waals surface area (Å²) in [6.07, 6.45) is 4.58. The zero-order valence-corrected chi connectivity index (χ0v) is 19.8. The van der Waals surface area contributed by atoms with Gasteiger partial charge in [0.1, 0.15) is 5.75 Å². The predicted molar refractivity (Wildman–Crippen MR) is 126 cm³/mol. The van der Waals surface area contributed by atoms with Crippen molar-refractivity contribution in [1.82, 2.24) is 0 Å². The highest BCUT2D eigenvalue weighted by Gasteiger charge is 2.21. The molecule has 2 aromatic carbocycles. The maximum Gasteiger partial charge on any atom is 0.255 e. The molecule has 0 atom stereocenters. The molecule has 2 N–H and O–H groups in total. The Morgan fingerprint density at radius 1 is 0.967 bits per heavy atom. The molecule has 0 bridgehead atoms. The lowest BCUT2D eigenvalue weighted by Crippen LogP contribution is -2.27. The molecule has 0 saturated heterocycles. The minimum atomic E-state index is -0.495. The molecule has 0 unspecified atom stereocenters. The van der Waals surface area contributed by atoms with Gasteiger partial charge >= 0.3 is 0 Å². The van der Waals surface area contributed by atoms with Crippen LogP contribution in [0.5, 0.6) is 5.75 Å². The van der Waals surface area contributed by atoms with Gasteiger partial charge in [-0.05, 0) is 58.7 Å². The van der Waals surface area contributed by atoms with Gasteiger partial charge in [-0.1, -0.05) is 53.0 Å². The van der Waals surface area contributed by atoms with E-state index in [0.717, 1.165) is 23.1 Å². The van der Waals surface area contributed by atoms with Crippen molar-refractivity contribution < 1.29 is 14.3 Å². The Kier molecular flexibility index (Phi) is 8.90. The average molecular weight is 475 g/mol. The first-order chi connectivity index (χ1) is 14.2. The molecule has 2 rings (SSSR count). The molecule has 0 aromatic heterocycles. The molecule has 0 heterocycles. The van der Waals surface area contributed by atoms with E-state index < -0.39 is 5.41 Å². The molecule has 2 aromatic rings. The Labute approximate surface area is 187 Å². The van der Waals surface area contributed by atoms with Gasteiger partial charge in [-0.15, -0.1) is 0 Å². The summed E-state index contributed by atoms with van der Waals surface area (Å²) >= 11 is 3.49. The molecule has 5 nitrogen and oxygen atoms in total. The van der Waals surface area contributed by atoms with E-state index in [4.69, 9.17) is 4.74 Å². The van der Waals surface area contributed by atoms with Gasteiger partial charge in [0.15, 0.2) is 0 Å². The predicted octanol–water partition coefficient (Wildman–Crippen LogP) is 6.65. The third-order valence-corrected chi connectivity index (χ3v) is 5.13. The number of carbonyl (C=O) groups is 2. The number of carbonyl (C=O) groups excluding carboxylic acids is 2. The number of unbranched alkanes of at least 4 members (excludes halogenated alkanes) is 3. The summed E-state index contributed by atoms with van der Waals surface area (Å²) in [5.74, 6) is 0.416. The molecular weight excluding hydrogens is 444 g/mol. The summed E-state index contributed by atoms with van der Waals surface area (Å²) < 4.78 is 6.54. The van der Waals surface area contributed by atoms with Crippen LogP contribution in [-0.4, -0.2) is 18.4 Å². The fourth-order valence-electron chi connectivity index (χ4n) is 2.67. The largest absolute Gasteiger partial charge is 0.492 e. The second-order valence-corrected chi connectivity index (χ2v) is 9.15. The third-order valence-electron chi connectivity index (χ3n) is 4.51. The highest BCUT2D eigenvalue weighted by Crippen LogP contribution is 2.27. The number of amides is 2.